The fraction of sp³-hybridized carbons (Fsp3) is 0.438. The minimum Gasteiger partial charge on any atom is -0.383 e. The number of hydrogen-bond donors (Lipinski definition) is 1. The average Bonchev–Trinajstić information content (AvgIpc) is 2.97. The van der Waals surface area contributed by atoms with Gasteiger partial charge in [-0.1, -0.05) is 30.3 Å². The molecule has 114 valence electrons. The summed E-state index contributed by atoms with van der Waals surface area (Å²) in [6.07, 6.45) is 0.766. The number of aromatic nitrogens is 1. The number of hydrogen-bond acceptors (Lipinski definition) is 5. The fourth-order valence-corrected chi connectivity index (χ4v) is 3.10. The molecule has 0 amide bonds. The van der Waals surface area contributed by atoms with Gasteiger partial charge in [-0.25, -0.2) is 4.98 Å². The lowest BCUT2D eigenvalue weighted by atomic mass is 10.0. The molecule has 5 heteroatoms. The summed E-state index contributed by atoms with van der Waals surface area (Å²) in [7, 11) is 1.72. The van der Waals surface area contributed by atoms with Gasteiger partial charge in [0.2, 0.25) is 0 Å². The van der Waals surface area contributed by atoms with Crippen LogP contribution in [0.4, 0.5) is 5.13 Å². The molecule has 1 heterocycles. The number of nitrogens with two attached hydrogens (primary N) is 1. The first-order chi connectivity index (χ1) is 10.2. The summed E-state index contributed by atoms with van der Waals surface area (Å²) >= 11 is 1.67. The molecule has 1 unspecified atom stereocenters. The number of nitrogens with zero attached hydrogens (tertiary/aromatic N) is 2. The zero-order chi connectivity index (χ0) is 15.1. The van der Waals surface area contributed by atoms with Gasteiger partial charge in [0.05, 0.1) is 12.3 Å². The van der Waals surface area contributed by atoms with Crippen molar-refractivity contribution in [1.82, 2.24) is 4.98 Å². The van der Waals surface area contributed by atoms with E-state index in [-0.39, 0.29) is 6.04 Å². The third kappa shape index (κ3) is 4.52. The van der Waals surface area contributed by atoms with Gasteiger partial charge < -0.3 is 15.4 Å². The van der Waals surface area contributed by atoms with E-state index in [1.807, 2.05) is 18.2 Å². The molecule has 2 N–H and O–H groups in total. The SMILES string of the molecule is CCN(CCOC)c1nc(CC(N)c2ccccc2)cs1. The molecule has 0 spiro atoms. The smallest absolute Gasteiger partial charge is 0.185 e. The molecule has 0 fully saturated rings. The highest BCUT2D eigenvalue weighted by molar-refractivity contribution is 7.13. The van der Waals surface area contributed by atoms with Gasteiger partial charge >= 0.3 is 0 Å². The minimum atomic E-state index is -0.00444. The lowest BCUT2D eigenvalue weighted by molar-refractivity contribution is 0.205. The van der Waals surface area contributed by atoms with Gasteiger partial charge in [-0.2, -0.15) is 0 Å². The van der Waals surface area contributed by atoms with E-state index >= 15 is 0 Å². The third-order valence-corrected chi connectivity index (χ3v) is 4.36. The van der Waals surface area contributed by atoms with Crippen LogP contribution >= 0.6 is 11.3 Å². The van der Waals surface area contributed by atoms with Gasteiger partial charge in [-0.15, -0.1) is 11.3 Å². The number of benzene rings is 1. The van der Waals surface area contributed by atoms with Crippen molar-refractivity contribution in [2.45, 2.75) is 19.4 Å². The summed E-state index contributed by atoms with van der Waals surface area (Å²) in [5.41, 5.74) is 8.47. The Labute approximate surface area is 130 Å². The fourth-order valence-electron chi connectivity index (χ4n) is 2.17. The molecule has 1 aromatic carbocycles. The van der Waals surface area contributed by atoms with Crippen molar-refractivity contribution in [2.75, 3.05) is 31.7 Å². The number of likely N-dealkylation sites (N-methyl/N-ethyl adjacent to an activating group) is 1. The summed E-state index contributed by atoms with van der Waals surface area (Å²) in [5.74, 6) is 0. The maximum Gasteiger partial charge on any atom is 0.185 e. The van der Waals surface area contributed by atoms with Crippen molar-refractivity contribution >= 4 is 16.5 Å². The highest BCUT2D eigenvalue weighted by Crippen LogP contribution is 2.23. The summed E-state index contributed by atoms with van der Waals surface area (Å²) in [4.78, 5) is 6.94. The molecule has 0 bridgehead atoms. The quantitative estimate of drug-likeness (QED) is 0.815. The van der Waals surface area contributed by atoms with E-state index in [9.17, 15) is 0 Å². The van der Waals surface area contributed by atoms with Crippen molar-refractivity contribution in [3.05, 3.63) is 47.0 Å². The Kier molecular flexibility index (Phi) is 6.17. The maximum atomic E-state index is 6.26. The van der Waals surface area contributed by atoms with Crippen LogP contribution in [-0.2, 0) is 11.2 Å². The van der Waals surface area contributed by atoms with Gasteiger partial charge in [-0.3, -0.25) is 0 Å². The molecule has 2 aromatic rings. The Bertz CT molecular complexity index is 529. The van der Waals surface area contributed by atoms with Crippen molar-refractivity contribution in [1.29, 1.82) is 0 Å². The first-order valence-electron chi connectivity index (χ1n) is 7.23. The van der Waals surface area contributed by atoms with Gasteiger partial charge in [0.25, 0.3) is 0 Å². The molecule has 0 saturated heterocycles. The Balaban J connectivity index is 1.99. The second-order valence-corrected chi connectivity index (χ2v) is 5.75. The van der Waals surface area contributed by atoms with Crippen LogP contribution in [-0.4, -0.2) is 31.8 Å². The molecule has 1 aromatic heterocycles. The molecule has 0 radical (unpaired) electrons. The van der Waals surface area contributed by atoms with Crippen LogP contribution < -0.4 is 10.6 Å². The predicted octanol–water partition coefficient (Wildman–Crippen LogP) is 2.86. The first kappa shape index (κ1) is 15.9. The Morgan fingerprint density at radius 1 is 1.33 bits per heavy atom. The van der Waals surface area contributed by atoms with E-state index in [0.717, 1.165) is 35.9 Å². The molecular weight excluding hydrogens is 282 g/mol. The Hall–Kier alpha value is -1.43. The second kappa shape index (κ2) is 8.12. The van der Waals surface area contributed by atoms with E-state index in [1.54, 1.807) is 18.4 Å². The van der Waals surface area contributed by atoms with Crippen LogP contribution in [0.5, 0.6) is 0 Å². The normalized spacial score (nSPS) is 12.3. The van der Waals surface area contributed by atoms with E-state index in [2.05, 4.69) is 29.3 Å². The number of rotatable bonds is 8. The average molecular weight is 305 g/mol. The van der Waals surface area contributed by atoms with Crippen molar-refractivity contribution in [3.8, 4) is 0 Å². The zero-order valence-electron chi connectivity index (χ0n) is 12.7. The highest BCUT2D eigenvalue weighted by Gasteiger charge is 2.12. The molecule has 0 saturated carbocycles. The van der Waals surface area contributed by atoms with Crippen LogP contribution in [0.2, 0.25) is 0 Å². The zero-order valence-corrected chi connectivity index (χ0v) is 13.5. The van der Waals surface area contributed by atoms with E-state index in [0.29, 0.717) is 6.61 Å². The number of thiazole rings is 1. The van der Waals surface area contributed by atoms with Crippen molar-refractivity contribution < 1.29 is 4.74 Å². The lowest BCUT2D eigenvalue weighted by Crippen LogP contribution is -2.26. The topological polar surface area (TPSA) is 51.4 Å². The van der Waals surface area contributed by atoms with Gasteiger partial charge in [-0.05, 0) is 12.5 Å². The second-order valence-electron chi connectivity index (χ2n) is 4.92. The maximum absolute atomic E-state index is 6.26. The van der Waals surface area contributed by atoms with E-state index in [1.165, 1.54) is 0 Å². The van der Waals surface area contributed by atoms with Crippen molar-refractivity contribution in [2.24, 2.45) is 5.73 Å². The van der Waals surface area contributed by atoms with Gasteiger partial charge in [0.15, 0.2) is 5.13 Å². The van der Waals surface area contributed by atoms with Crippen molar-refractivity contribution in [3.63, 3.8) is 0 Å². The molecule has 2 rings (SSSR count). The Morgan fingerprint density at radius 3 is 2.76 bits per heavy atom. The minimum absolute atomic E-state index is 0.00444. The predicted molar refractivity (Wildman–Crippen MR) is 89.0 cm³/mol. The molecular formula is C16H23N3OS. The molecule has 0 aliphatic carbocycles. The molecule has 0 aliphatic rings. The molecule has 21 heavy (non-hydrogen) atoms. The molecule has 1 atom stereocenters. The highest BCUT2D eigenvalue weighted by atomic mass is 32.1. The largest absolute Gasteiger partial charge is 0.383 e. The van der Waals surface area contributed by atoms with Crippen LogP contribution in [0.15, 0.2) is 35.7 Å². The standard InChI is InChI=1S/C16H23N3OS/c1-3-19(9-10-20-2)16-18-14(12-21-16)11-15(17)13-7-5-4-6-8-13/h4-8,12,15H,3,9-11,17H2,1-2H3. The van der Waals surface area contributed by atoms with Crippen LogP contribution in [0.3, 0.4) is 0 Å². The number of ether oxygens (including phenoxy) is 1. The Morgan fingerprint density at radius 2 is 2.10 bits per heavy atom. The van der Waals surface area contributed by atoms with E-state index < -0.39 is 0 Å². The lowest BCUT2D eigenvalue weighted by Gasteiger charge is -2.19. The van der Waals surface area contributed by atoms with E-state index in [4.69, 9.17) is 15.5 Å². The van der Waals surface area contributed by atoms with Gasteiger partial charge in [0.1, 0.15) is 0 Å². The number of methoxy groups -OCH3 is 1. The van der Waals surface area contributed by atoms with Crippen LogP contribution in [0.1, 0.15) is 24.2 Å². The van der Waals surface area contributed by atoms with Crippen LogP contribution in [0.25, 0.3) is 0 Å². The monoisotopic (exact) mass is 305 g/mol. The summed E-state index contributed by atoms with van der Waals surface area (Å²) in [6.45, 7) is 4.64. The summed E-state index contributed by atoms with van der Waals surface area (Å²) in [5, 5.41) is 3.15. The molecule has 4 nitrogen and oxygen atoms in total. The first-order valence-corrected chi connectivity index (χ1v) is 8.11. The van der Waals surface area contributed by atoms with Crippen LogP contribution in [0, 0.1) is 0 Å². The number of anilines is 1. The summed E-state index contributed by atoms with van der Waals surface area (Å²) in [6, 6.07) is 10.2. The molecule has 0 aliphatic heterocycles. The van der Waals surface area contributed by atoms with Gasteiger partial charge in [0, 0.05) is 38.0 Å². The summed E-state index contributed by atoms with van der Waals surface area (Å²) < 4.78 is 5.14. The third-order valence-electron chi connectivity index (χ3n) is 3.41.